The molecule has 0 aromatic carbocycles. The minimum absolute atomic E-state index is 0.00160. The number of nitrogens with zero attached hydrogens (tertiary/aromatic N) is 2. The smallest absolute Gasteiger partial charge is 0.273 e. The Morgan fingerprint density at radius 3 is 3.05 bits per heavy atom. The van der Waals surface area contributed by atoms with Gasteiger partial charge < -0.3 is 9.64 Å². The normalized spacial score (nSPS) is 19.3. The highest BCUT2D eigenvalue weighted by Gasteiger charge is 2.24. The highest BCUT2D eigenvalue weighted by molar-refractivity contribution is 9.10. The second kappa shape index (κ2) is 5.93. The molecule has 7 heteroatoms. The van der Waals surface area contributed by atoms with Gasteiger partial charge in [-0.25, -0.2) is 4.98 Å². The minimum Gasteiger partial charge on any atom is -0.375 e. The van der Waals surface area contributed by atoms with E-state index in [1.807, 2.05) is 28.7 Å². The summed E-state index contributed by atoms with van der Waals surface area (Å²) < 4.78 is 6.50. The highest BCUT2D eigenvalue weighted by atomic mass is 79.9. The Hall–Kier alpha value is -0.760. The molecule has 0 unspecified atom stereocenters. The number of carbonyl (C=O) groups excluding carboxylic acids is 1. The Morgan fingerprint density at radius 1 is 1.50 bits per heavy atom. The van der Waals surface area contributed by atoms with Gasteiger partial charge >= 0.3 is 0 Å². The third kappa shape index (κ3) is 2.95. The quantitative estimate of drug-likeness (QED) is 0.809. The van der Waals surface area contributed by atoms with E-state index in [0.29, 0.717) is 25.4 Å². The molecule has 4 nitrogen and oxygen atoms in total. The Labute approximate surface area is 133 Å². The average Bonchev–Trinajstić information content (AvgIpc) is 3.06. The Kier molecular flexibility index (Phi) is 4.21. The molecule has 0 radical (unpaired) electrons. The first kappa shape index (κ1) is 14.2. The predicted octanol–water partition coefficient (Wildman–Crippen LogP) is 3.50. The Morgan fingerprint density at radius 2 is 2.35 bits per heavy atom. The molecule has 1 aliphatic rings. The van der Waals surface area contributed by atoms with Crippen LogP contribution in [-0.2, 0) is 4.74 Å². The van der Waals surface area contributed by atoms with E-state index >= 15 is 0 Å². The van der Waals surface area contributed by atoms with Crippen molar-refractivity contribution >= 4 is 44.5 Å². The number of thiophene rings is 1. The van der Waals surface area contributed by atoms with Gasteiger partial charge in [-0.2, -0.15) is 0 Å². The number of ether oxygens (including phenoxy) is 1. The maximum atomic E-state index is 12.4. The monoisotopic (exact) mass is 372 g/mol. The van der Waals surface area contributed by atoms with Crippen molar-refractivity contribution in [2.75, 3.05) is 19.7 Å². The van der Waals surface area contributed by atoms with E-state index in [9.17, 15) is 4.79 Å². The van der Waals surface area contributed by atoms with Crippen LogP contribution in [-0.4, -0.2) is 41.6 Å². The van der Waals surface area contributed by atoms with Crippen molar-refractivity contribution in [3.8, 4) is 9.88 Å². The summed E-state index contributed by atoms with van der Waals surface area (Å²) in [5, 5.41) is 4.75. The second-order valence-corrected chi connectivity index (χ2v) is 7.28. The van der Waals surface area contributed by atoms with E-state index in [1.54, 1.807) is 11.3 Å². The summed E-state index contributed by atoms with van der Waals surface area (Å²) >= 11 is 6.56. The first-order valence-corrected chi connectivity index (χ1v) is 8.79. The molecular formula is C13H13BrN2O2S2. The molecule has 1 aliphatic heterocycles. The lowest BCUT2D eigenvalue weighted by atomic mass is 10.3. The van der Waals surface area contributed by atoms with Gasteiger partial charge in [-0.15, -0.1) is 22.7 Å². The fourth-order valence-electron chi connectivity index (χ4n) is 2.08. The van der Waals surface area contributed by atoms with Crippen molar-refractivity contribution in [1.29, 1.82) is 0 Å². The van der Waals surface area contributed by atoms with Crippen LogP contribution >= 0.6 is 38.6 Å². The third-order valence-electron chi connectivity index (χ3n) is 3.03. The average molecular weight is 373 g/mol. The van der Waals surface area contributed by atoms with Crippen LogP contribution in [0.5, 0.6) is 0 Å². The summed E-state index contributed by atoms with van der Waals surface area (Å²) in [5.41, 5.74) is 0.531. The molecule has 3 heterocycles. The topological polar surface area (TPSA) is 42.4 Å². The Bertz CT molecular complexity index is 625. The van der Waals surface area contributed by atoms with Gasteiger partial charge in [0.2, 0.25) is 0 Å². The van der Waals surface area contributed by atoms with E-state index in [0.717, 1.165) is 14.4 Å². The summed E-state index contributed by atoms with van der Waals surface area (Å²) in [6, 6.07) is 2.02. The summed E-state index contributed by atoms with van der Waals surface area (Å²) in [5.74, 6) is -0.00160. The lowest BCUT2D eigenvalue weighted by Crippen LogP contribution is -2.44. The van der Waals surface area contributed by atoms with Gasteiger partial charge in [-0.3, -0.25) is 4.79 Å². The summed E-state index contributed by atoms with van der Waals surface area (Å²) in [7, 11) is 0. The standard InChI is InChI=1S/C13H13BrN2O2S2/c1-8-5-16(2-3-18-8)13(17)10-7-20-12(15-10)11-4-9(14)6-19-11/h4,6-8H,2-3,5H2,1H3/t8-/m1/s1. The van der Waals surface area contributed by atoms with E-state index in [2.05, 4.69) is 20.9 Å². The number of carbonyl (C=O) groups is 1. The SMILES string of the molecule is C[C@@H]1CN(C(=O)c2csc(-c3cc(Br)cs3)n2)CCO1. The van der Waals surface area contributed by atoms with E-state index in [4.69, 9.17) is 4.74 Å². The van der Waals surface area contributed by atoms with Gasteiger partial charge in [0.25, 0.3) is 5.91 Å². The molecule has 106 valence electrons. The van der Waals surface area contributed by atoms with Crippen molar-refractivity contribution in [2.45, 2.75) is 13.0 Å². The number of rotatable bonds is 2. The van der Waals surface area contributed by atoms with Gasteiger partial charge in [0, 0.05) is 28.3 Å². The molecule has 0 saturated carbocycles. The molecule has 0 aliphatic carbocycles. The van der Waals surface area contributed by atoms with Gasteiger partial charge in [-0.1, -0.05) is 0 Å². The van der Waals surface area contributed by atoms with Crippen LogP contribution in [0.15, 0.2) is 21.3 Å². The van der Waals surface area contributed by atoms with Crippen molar-refractivity contribution in [2.24, 2.45) is 0 Å². The number of halogens is 1. The van der Waals surface area contributed by atoms with Crippen molar-refractivity contribution in [3.63, 3.8) is 0 Å². The van der Waals surface area contributed by atoms with E-state index < -0.39 is 0 Å². The van der Waals surface area contributed by atoms with Gasteiger partial charge in [0.05, 0.1) is 17.6 Å². The maximum absolute atomic E-state index is 12.4. The minimum atomic E-state index is -0.00160. The van der Waals surface area contributed by atoms with Crippen LogP contribution in [0, 0.1) is 0 Å². The number of amides is 1. The van der Waals surface area contributed by atoms with Crippen molar-refractivity contribution < 1.29 is 9.53 Å². The first-order chi connectivity index (χ1) is 9.63. The highest BCUT2D eigenvalue weighted by Crippen LogP contribution is 2.32. The summed E-state index contributed by atoms with van der Waals surface area (Å²) in [6.45, 7) is 3.85. The zero-order valence-corrected chi connectivity index (χ0v) is 14.1. The van der Waals surface area contributed by atoms with Crippen LogP contribution in [0.3, 0.4) is 0 Å². The van der Waals surface area contributed by atoms with Crippen molar-refractivity contribution in [3.05, 3.63) is 27.0 Å². The predicted molar refractivity (Wildman–Crippen MR) is 84.4 cm³/mol. The maximum Gasteiger partial charge on any atom is 0.273 e. The molecule has 1 fully saturated rings. The first-order valence-electron chi connectivity index (χ1n) is 6.24. The molecule has 2 aromatic rings. The van der Waals surface area contributed by atoms with Crippen LogP contribution in [0.25, 0.3) is 9.88 Å². The molecule has 2 aromatic heterocycles. The second-order valence-electron chi connectivity index (χ2n) is 4.60. The zero-order chi connectivity index (χ0) is 14.1. The lowest BCUT2D eigenvalue weighted by molar-refractivity contribution is -0.0126. The molecule has 1 amide bonds. The molecule has 0 bridgehead atoms. The number of morpholine rings is 1. The molecule has 1 atom stereocenters. The third-order valence-corrected chi connectivity index (χ3v) is 5.73. The fourth-order valence-corrected chi connectivity index (χ4v) is 4.38. The molecule has 0 spiro atoms. The van der Waals surface area contributed by atoms with Crippen molar-refractivity contribution in [1.82, 2.24) is 9.88 Å². The lowest BCUT2D eigenvalue weighted by Gasteiger charge is -2.30. The molecule has 20 heavy (non-hydrogen) atoms. The zero-order valence-electron chi connectivity index (χ0n) is 10.8. The van der Waals surface area contributed by atoms with Crippen LogP contribution < -0.4 is 0 Å². The van der Waals surface area contributed by atoms with Gasteiger partial charge in [-0.05, 0) is 28.9 Å². The largest absolute Gasteiger partial charge is 0.375 e. The van der Waals surface area contributed by atoms with Gasteiger partial charge in [0.1, 0.15) is 10.7 Å². The van der Waals surface area contributed by atoms with Crippen LogP contribution in [0.4, 0.5) is 0 Å². The van der Waals surface area contributed by atoms with Crippen LogP contribution in [0.2, 0.25) is 0 Å². The van der Waals surface area contributed by atoms with E-state index in [-0.39, 0.29) is 12.0 Å². The van der Waals surface area contributed by atoms with Gasteiger partial charge in [0.15, 0.2) is 0 Å². The summed E-state index contributed by atoms with van der Waals surface area (Å²) in [4.78, 5) is 19.8. The Balaban J connectivity index is 1.77. The number of aromatic nitrogens is 1. The fraction of sp³-hybridized carbons (Fsp3) is 0.385. The number of hydrogen-bond donors (Lipinski definition) is 0. The van der Waals surface area contributed by atoms with Crippen LogP contribution in [0.1, 0.15) is 17.4 Å². The molecule has 3 rings (SSSR count). The number of hydrogen-bond acceptors (Lipinski definition) is 5. The summed E-state index contributed by atoms with van der Waals surface area (Å²) in [6.07, 6.45) is 0.0963. The molecule has 0 N–H and O–H groups in total. The molecular weight excluding hydrogens is 360 g/mol. The number of thiazole rings is 1. The van der Waals surface area contributed by atoms with E-state index in [1.165, 1.54) is 11.3 Å². The molecule has 1 saturated heterocycles.